The molecule has 13 heteroatoms. The molecule has 0 radical (unpaired) electrons. The quantitative estimate of drug-likeness (QED) is 0.250. The van der Waals surface area contributed by atoms with Gasteiger partial charge in [0.15, 0.2) is 16.0 Å². The van der Waals surface area contributed by atoms with Gasteiger partial charge in [0.05, 0.1) is 15.6 Å². The summed E-state index contributed by atoms with van der Waals surface area (Å²) in [7, 11) is 0. The lowest BCUT2D eigenvalue weighted by Gasteiger charge is -2.13. The first-order chi connectivity index (χ1) is 12.2. The number of thiocarbonyl (C=S) groups is 1. The van der Waals surface area contributed by atoms with E-state index in [9.17, 15) is 14.9 Å². The van der Waals surface area contributed by atoms with E-state index in [1.165, 1.54) is 24.3 Å². The molecule has 0 atom stereocenters. The molecule has 0 aliphatic heterocycles. The number of aromatic nitrogens is 1. The first-order valence-electron chi connectivity index (χ1n) is 6.62. The lowest BCUT2D eigenvalue weighted by Crippen LogP contribution is -2.44. The summed E-state index contributed by atoms with van der Waals surface area (Å²) in [5.41, 5.74) is 10.4. The Kier molecular flexibility index (Phi) is 6.37. The minimum Gasteiger partial charge on any atom is -0.396 e. The zero-order chi connectivity index (χ0) is 19.4. The van der Waals surface area contributed by atoms with Crippen LogP contribution in [0.5, 0.6) is 0 Å². The number of pyridine rings is 1. The number of carbonyl (C=O) groups is 1. The van der Waals surface area contributed by atoms with Crippen LogP contribution < -0.4 is 21.9 Å². The SMILES string of the molecule is Nc1c(Cl)c(Cl)nc(C(=O)NNC(=S)Nc2ccc([N+](=O)[O-])cc2)c1Cl. The Morgan fingerprint density at radius 2 is 1.77 bits per heavy atom. The van der Waals surface area contributed by atoms with E-state index < -0.39 is 10.8 Å². The van der Waals surface area contributed by atoms with Gasteiger partial charge in [0, 0.05) is 17.8 Å². The number of nitrogens with two attached hydrogens (primary N) is 1. The largest absolute Gasteiger partial charge is 0.396 e. The predicted octanol–water partition coefficient (Wildman–Crippen LogP) is 3.16. The average Bonchev–Trinajstić information content (AvgIpc) is 2.61. The second-order valence-electron chi connectivity index (χ2n) is 4.63. The summed E-state index contributed by atoms with van der Waals surface area (Å²) in [6.07, 6.45) is 0. The smallest absolute Gasteiger partial charge is 0.289 e. The van der Waals surface area contributed by atoms with Gasteiger partial charge in [0.25, 0.3) is 11.6 Å². The number of carbonyl (C=O) groups excluding carboxylic acids is 1. The monoisotopic (exact) mass is 434 g/mol. The number of anilines is 2. The van der Waals surface area contributed by atoms with Gasteiger partial charge in [0.2, 0.25) is 0 Å². The first kappa shape index (κ1) is 19.9. The number of nitrogens with zero attached hydrogens (tertiary/aromatic N) is 2. The molecule has 1 heterocycles. The fourth-order valence-corrected chi connectivity index (χ4v) is 2.45. The van der Waals surface area contributed by atoms with Gasteiger partial charge in [-0.05, 0) is 24.4 Å². The summed E-state index contributed by atoms with van der Waals surface area (Å²) in [5, 5.41) is 12.9. The van der Waals surface area contributed by atoms with E-state index in [-0.39, 0.29) is 37.4 Å². The second-order valence-corrected chi connectivity index (χ2v) is 6.15. The van der Waals surface area contributed by atoms with Crippen LogP contribution in [0.15, 0.2) is 24.3 Å². The van der Waals surface area contributed by atoms with E-state index in [4.69, 9.17) is 52.8 Å². The van der Waals surface area contributed by atoms with Gasteiger partial charge < -0.3 is 11.1 Å². The highest BCUT2D eigenvalue weighted by Crippen LogP contribution is 2.34. The summed E-state index contributed by atoms with van der Waals surface area (Å²) < 4.78 is 0. The Labute approximate surface area is 166 Å². The molecule has 0 spiro atoms. The van der Waals surface area contributed by atoms with Gasteiger partial charge in [-0.15, -0.1) is 0 Å². The number of benzene rings is 1. The highest BCUT2D eigenvalue weighted by Gasteiger charge is 2.19. The number of nitro groups is 1. The molecule has 1 aromatic carbocycles. The van der Waals surface area contributed by atoms with Gasteiger partial charge in [-0.3, -0.25) is 25.8 Å². The van der Waals surface area contributed by atoms with Gasteiger partial charge >= 0.3 is 0 Å². The van der Waals surface area contributed by atoms with Crippen molar-refractivity contribution in [3.8, 4) is 0 Å². The zero-order valence-corrected chi connectivity index (χ0v) is 15.6. The summed E-state index contributed by atoms with van der Waals surface area (Å²) in [5.74, 6) is -0.756. The molecule has 0 fully saturated rings. The summed E-state index contributed by atoms with van der Waals surface area (Å²) in [4.78, 5) is 26.0. The van der Waals surface area contributed by atoms with Crippen LogP contribution in [0.4, 0.5) is 17.1 Å². The molecule has 26 heavy (non-hydrogen) atoms. The third-order valence-electron chi connectivity index (χ3n) is 2.91. The maximum absolute atomic E-state index is 12.1. The van der Waals surface area contributed by atoms with E-state index >= 15 is 0 Å². The number of amides is 1. The Morgan fingerprint density at radius 1 is 1.15 bits per heavy atom. The number of hydrogen-bond acceptors (Lipinski definition) is 6. The maximum Gasteiger partial charge on any atom is 0.289 e. The number of hydrogen-bond donors (Lipinski definition) is 4. The number of nitro benzene ring substituents is 1. The van der Waals surface area contributed by atoms with Crippen molar-refractivity contribution in [3.05, 3.63) is 55.3 Å². The molecular weight excluding hydrogens is 427 g/mol. The molecule has 0 aliphatic rings. The van der Waals surface area contributed by atoms with Crippen molar-refractivity contribution >= 4 is 75.1 Å². The fourth-order valence-electron chi connectivity index (χ4n) is 1.68. The number of halogens is 3. The minimum atomic E-state index is -0.756. The molecule has 136 valence electrons. The van der Waals surface area contributed by atoms with Crippen molar-refractivity contribution < 1.29 is 9.72 Å². The summed E-state index contributed by atoms with van der Waals surface area (Å²) >= 11 is 22.5. The Bertz CT molecular complexity index is 894. The number of non-ortho nitro benzene ring substituents is 1. The van der Waals surface area contributed by atoms with Crippen LogP contribution >= 0.6 is 47.0 Å². The van der Waals surface area contributed by atoms with Crippen molar-refractivity contribution in [2.24, 2.45) is 0 Å². The van der Waals surface area contributed by atoms with Crippen LogP contribution in [0.25, 0.3) is 0 Å². The van der Waals surface area contributed by atoms with Crippen LogP contribution in [0.1, 0.15) is 10.5 Å². The van der Waals surface area contributed by atoms with Crippen LogP contribution in [0.3, 0.4) is 0 Å². The summed E-state index contributed by atoms with van der Waals surface area (Å²) in [6.45, 7) is 0. The van der Waals surface area contributed by atoms with Crippen LogP contribution in [-0.2, 0) is 0 Å². The Morgan fingerprint density at radius 3 is 2.35 bits per heavy atom. The van der Waals surface area contributed by atoms with E-state index in [1.807, 2.05) is 0 Å². The molecule has 2 rings (SSSR count). The Hall–Kier alpha value is -2.40. The number of nitrogen functional groups attached to an aromatic ring is 1. The number of rotatable bonds is 3. The van der Waals surface area contributed by atoms with Gasteiger partial charge in [-0.2, -0.15) is 0 Å². The number of nitrogens with one attached hydrogen (secondary N) is 3. The molecule has 0 unspecified atom stereocenters. The molecule has 2 aromatic rings. The van der Waals surface area contributed by atoms with Crippen LogP contribution in [0, 0.1) is 10.1 Å². The highest BCUT2D eigenvalue weighted by molar-refractivity contribution is 7.80. The highest BCUT2D eigenvalue weighted by atomic mass is 35.5. The molecule has 0 saturated heterocycles. The lowest BCUT2D eigenvalue weighted by atomic mass is 10.3. The predicted molar refractivity (Wildman–Crippen MR) is 104 cm³/mol. The minimum absolute atomic E-state index is 0.0105. The van der Waals surface area contributed by atoms with E-state index in [1.54, 1.807) is 0 Å². The van der Waals surface area contributed by atoms with Crippen molar-refractivity contribution in [2.45, 2.75) is 0 Å². The second kappa shape index (κ2) is 8.32. The molecule has 1 aromatic heterocycles. The van der Waals surface area contributed by atoms with Crippen molar-refractivity contribution in [1.82, 2.24) is 15.8 Å². The van der Waals surface area contributed by atoms with Crippen molar-refractivity contribution in [2.75, 3.05) is 11.1 Å². The van der Waals surface area contributed by atoms with Gasteiger partial charge in [0.1, 0.15) is 5.02 Å². The van der Waals surface area contributed by atoms with E-state index in [0.717, 1.165) is 0 Å². The third-order valence-corrected chi connectivity index (χ3v) is 4.25. The molecular formula is C13H9Cl3N6O3S. The molecule has 5 N–H and O–H groups in total. The van der Waals surface area contributed by atoms with Crippen LogP contribution in [0.2, 0.25) is 15.2 Å². The summed E-state index contributed by atoms with van der Waals surface area (Å²) in [6, 6.07) is 5.50. The van der Waals surface area contributed by atoms with Gasteiger partial charge in [-0.25, -0.2) is 4.98 Å². The maximum atomic E-state index is 12.1. The van der Waals surface area contributed by atoms with Crippen LogP contribution in [-0.4, -0.2) is 20.9 Å². The normalized spacial score (nSPS) is 10.1. The Balaban J connectivity index is 1.99. The molecule has 0 aliphatic carbocycles. The van der Waals surface area contributed by atoms with Crippen molar-refractivity contribution in [1.29, 1.82) is 0 Å². The molecule has 0 saturated carbocycles. The lowest BCUT2D eigenvalue weighted by molar-refractivity contribution is -0.384. The van der Waals surface area contributed by atoms with E-state index in [2.05, 4.69) is 21.2 Å². The standard InChI is InChI=1S/C13H9Cl3N6O3S/c14-7-9(17)8(15)11(16)19-10(7)12(23)20-21-13(26)18-5-1-3-6(4-2-5)22(24)25/h1-4H,(H2,17,19)(H,20,23)(H2,18,21,26). The fraction of sp³-hybridized carbons (Fsp3) is 0. The zero-order valence-electron chi connectivity index (χ0n) is 12.5. The van der Waals surface area contributed by atoms with Crippen molar-refractivity contribution in [3.63, 3.8) is 0 Å². The molecule has 1 amide bonds. The molecule has 9 nitrogen and oxygen atoms in total. The van der Waals surface area contributed by atoms with E-state index in [0.29, 0.717) is 5.69 Å². The average molecular weight is 436 g/mol. The molecule has 0 bridgehead atoms. The third kappa shape index (κ3) is 4.61. The topological polar surface area (TPSA) is 135 Å². The first-order valence-corrected chi connectivity index (χ1v) is 8.16. The van der Waals surface area contributed by atoms with Gasteiger partial charge in [-0.1, -0.05) is 34.8 Å². The number of hydrazine groups is 1.